The maximum absolute atomic E-state index is 14.2. The van der Waals surface area contributed by atoms with Gasteiger partial charge >= 0.3 is 12.0 Å². The quantitative estimate of drug-likeness (QED) is 0.654. The Morgan fingerprint density at radius 3 is 2.62 bits per heavy atom. The van der Waals surface area contributed by atoms with Crippen molar-refractivity contribution >= 4 is 12.0 Å². The number of carboxylic acid groups (broad SMARTS) is 1. The summed E-state index contributed by atoms with van der Waals surface area (Å²) < 4.78 is 21.0. The number of aromatic nitrogens is 2. The molecular formula is C23H23FN4O4. The largest absolute Gasteiger partial charge is 0.476 e. The molecule has 3 aromatic rings. The van der Waals surface area contributed by atoms with Crippen molar-refractivity contribution < 1.29 is 23.8 Å². The molecule has 0 bridgehead atoms. The summed E-state index contributed by atoms with van der Waals surface area (Å²) in [6.45, 7) is 4.22. The summed E-state index contributed by atoms with van der Waals surface area (Å²) in [4.78, 5) is 27.6. The van der Waals surface area contributed by atoms with Gasteiger partial charge in [0.15, 0.2) is 17.3 Å². The number of piperazine rings is 1. The van der Waals surface area contributed by atoms with Crippen LogP contribution in [0.15, 0.2) is 60.8 Å². The zero-order valence-electron chi connectivity index (χ0n) is 17.5. The number of hydrogen-bond donors (Lipinski definition) is 1. The highest BCUT2D eigenvalue weighted by Crippen LogP contribution is 2.26. The van der Waals surface area contributed by atoms with Gasteiger partial charge < -0.3 is 14.7 Å². The molecule has 166 valence electrons. The van der Waals surface area contributed by atoms with E-state index < -0.39 is 11.8 Å². The second-order valence-corrected chi connectivity index (χ2v) is 7.69. The fraction of sp³-hybridized carbons (Fsp3) is 0.261. The maximum atomic E-state index is 14.2. The van der Waals surface area contributed by atoms with E-state index in [0.717, 1.165) is 10.2 Å². The summed E-state index contributed by atoms with van der Waals surface area (Å²) in [5.41, 5.74) is 0.733. The highest BCUT2D eigenvalue weighted by atomic mass is 19.1. The van der Waals surface area contributed by atoms with Crippen molar-refractivity contribution in [3.05, 3.63) is 77.9 Å². The fourth-order valence-corrected chi connectivity index (χ4v) is 3.74. The number of nitrogens with zero attached hydrogens (tertiary/aromatic N) is 4. The van der Waals surface area contributed by atoms with E-state index in [-0.39, 0.29) is 23.5 Å². The van der Waals surface area contributed by atoms with Gasteiger partial charge in [-0.15, -0.1) is 0 Å². The molecular weight excluding hydrogens is 415 g/mol. The third-order valence-electron chi connectivity index (χ3n) is 5.33. The van der Waals surface area contributed by atoms with Crippen LogP contribution in [0.5, 0.6) is 11.5 Å². The first-order valence-corrected chi connectivity index (χ1v) is 10.2. The zero-order valence-corrected chi connectivity index (χ0v) is 17.5. The molecule has 32 heavy (non-hydrogen) atoms. The molecule has 2 heterocycles. The monoisotopic (exact) mass is 438 g/mol. The number of benzene rings is 2. The van der Waals surface area contributed by atoms with Crippen LogP contribution < -0.4 is 4.74 Å². The molecule has 1 aliphatic heterocycles. The van der Waals surface area contributed by atoms with Crippen molar-refractivity contribution in [3.8, 4) is 11.5 Å². The van der Waals surface area contributed by atoms with E-state index in [2.05, 4.69) is 10.00 Å². The summed E-state index contributed by atoms with van der Waals surface area (Å²) in [5.74, 6) is -0.872. The van der Waals surface area contributed by atoms with Crippen molar-refractivity contribution in [1.82, 2.24) is 19.6 Å². The lowest BCUT2D eigenvalue weighted by molar-refractivity contribution is 0.0689. The molecule has 0 unspecified atom stereocenters. The molecule has 1 saturated heterocycles. The van der Waals surface area contributed by atoms with Gasteiger partial charge in [-0.05, 0) is 42.8 Å². The number of carbonyl (C=O) groups is 2. The molecule has 1 atom stereocenters. The number of halogens is 1. The van der Waals surface area contributed by atoms with Crippen LogP contribution in [0, 0.1) is 5.82 Å². The van der Waals surface area contributed by atoms with E-state index >= 15 is 0 Å². The summed E-state index contributed by atoms with van der Waals surface area (Å²) in [6.07, 6.45) is 1.36. The molecule has 1 amide bonds. The SMILES string of the molecule is C[C@@H]1CN(Cc2ccc(F)c(Oc3ccccc3)c2)CCN1C(=O)n1ccc(C(=O)O)n1. The number of rotatable bonds is 5. The molecule has 0 spiro atoms. The molecule has 8 nitrogen and oxygen atoms in total. The Morgan fingerprint density at radius 1 is 1.16 bits per heavy atom. The van der Waals surface area contributed by atoms with Crippen molar-refractivity contribution in [2.45, 2.75) is 19.5 Å². The Morgan fingerprint density at radius 2 is 1.94 bits per heavy atom. The van der Waals surface area contributed by atoms with Crippen molar-refractivity contribution in [2.75, 3.05) is 19.6 Å². The van der Waals surface area contributed by atoms with Crippen LogP contribution in [0.3, 0.4) is 0 Å². The third-order valence-corrected chi connectivity index (χ3v) is 5.33. The summed E-state index contributed by atoms with van der Waals surface area (Å²) >= 11 is 0. The summed E-state index contributed by atoms with van der Waals surface area (Å²) in [7, 11) is 0. The molecule has 1 fully saturated rings. The minimum atomic E-state index is -1.18. The van der Waals surface area contributed by atoms with Crippen LogP contribution >= 0.6 is 0 Å². The number of hydrogen-bond acceptors (Lipinski definition) is 5. The fourth-order valence-electron chi connectivity index (χ4n) is 3.74. The Bertz CT molecular complexity index is 1120. The molecule has 9 heteroatoms. The van der Waals surface area contributed by atoms with Crippen LogP contribution in [0.25, 0.3) is 0 Å². The number of aromatic carboxylic acids is 1. The molecule has 0 radical (unpaired) electrons. The van der Waals surface area contributed by atoms with E-state index in [1.54, 1.807) is 29.2 Å². The lowest BCUT2D eigenvalue weighted by Gasteiger charge is -2.39. The number of amides is 1. The first-order valence-electron chi connectivity index (χ1n) is 10.2. The molecule has 1 aliphatic rings. The van der Waals surface area contributed by atoms with E-state index in [1.165, 1.54) is 18.3 Å². The Balaban J connectivity index is 1.39. The summed E-state index contributed by atoms with van der Waals surface area (Å²) in [5, 5.41) is 12.8. The minimum Gasteiger partial charge on any atom is -0.476 e. The van der Waals surface area contributed by atoms with Gasteiger partial charge in [0.25, 0.3) is 0 Å². The summed E-state index contributed by atoms with van der Waals surface area (Å²) in [6, 6.07) is 14.7. The standard InChI is InChI=1S/C23H23FN4O4/c1-16-14-26(11-12-27(16)23(31)28-10-9-20(25-28)22(29)30)15-17-7-8-19(24)21(13-17)32-18-5-3-2-4-6-18/h2-10,13,16H,11-12,14-15H2,1H3,(H,29,30)/t16-/m1/s1. The molecule has 0 saturated carbocycles. The van der Waals surface area contributed by atoms with Gasteiger partial charge in [0.2, 0.25) is 0 Å². The predicted octanol–water partition coefficient (Wildman–Crippen LogP) is 3.69. The van der Waals surface area contributed by atoms with Crippen LogP contribution in [-0.4, -0.2) is 62.4 Å². The van der Waals surface area contributed by atoms with Gasteiger partial charge in [-0.3, -0.25) is 4.90 Å². The second-order valence-electron chi connectivity index (χ2n) is 7.69. The Labute approximate surface area is 184 Å². The van der Waals surface area contributed by atoms with Gasteiger partial charge in [0, 0.05) is 38.4 Å². The molecule has 0 aliphatic carbocycles. The minimum absolute atomic E-state index is 0.103. The highest BCUT2D eigenvalue weighted by molar-refractivity contribution is 5.86. The van der Waals surface area contributed by atoms with Crippen molar-refractivity contribution in [2.24, 2.45) is 0 Å². The maximum Gasteiger partial charge on any atom is 0.356 e. The van der Waals surface area contributed by atoms with E-state index in [9.17, 15) is 14.0 Å². The third kappa shape index (κ3) is 4.78. The Kier molecular flexibility index (Phi) is 6.18. The van der Waals surface area contributed by atoms with Crippen LogP contribution in [0.1, 0.15) is 23.0 Å². The molecule has 1 N–H and O–H groups in total. The van der Waals surface area contributed by atoms with Gasteiger partial charge in [-0.1, -0.05) is 24.3 Å². The van der Waals surface area contributed by atoms with Crippen molar-refractivity contribution in [1.29, 1.82) is 0 Å². The van der Waals surface area contributed by atoms with Crippen LogP contribution in [-0.2, 0) is 6.54 Å². The number of carboxylic acids is 1. The predicted molar refractivity (Wildman–Crippen MR) is 114 cm³/mol. The smallest absolute Gasteiger partial charge is 0.356 e. The highest BCUT2D eigenvalue weighted by Gasteiger charge is 2.29. The normalized spacial score (nSPS) is 16.7. The first kappa shape index (κ1) is 21.5. The molecule has 2 aromatic carbocycles. The van der Waals surface area contributed by atoms with E-state index in [0.29, 0.717) is 31.9 Å². The topological polar surface area (TPSA) is 87.9 Å². The van der Waals surface area contributed by atoms with Gasteiger partial charge in [0.05, 0.1) is 0 Å². The lowest BCUT2D eigenvalue weighted by Crippen LogP contribution is -2.54. The zero-order chi connectivity index (χ0) is 22.7. The van der Waals surface area contributed by atoms with Gasteiger partial charge in [0.1, 0.15) is 5.75 Å². The first-order chi connectivity index (χ1) is 15.4. The number of ether oxygens (including phenoxy) is 1. The average Bonchev–Trinajstić information content (AvgIpc) is 3.27. The number of carbonyl (C=O) groups excluding carboxylic acids is 1. The van der Waals surface area contributed by atoms with Gasteiger partial charge in [-0.25, -0.2) is 14.0 Å². The van der Waals surface area contributed by atoms with Crippen LogP contribution in [0.2, 0.25) is 0 Å². The van der Waals surface area contributed by atoms with E-state index in [1.807, 2.05) is 25.1 Å². The Hall–Kier alpha value is -3.72. The molecule has 4 rings (SSSR count). The lowest BCUT2D eigenvalue weighted by atomic mass is 10.1. The number of para-hydroxylation sites is 1. The van der Waals surface area contributed by atoms with Crippen LogP contribution in [0.4, 0.5) is 9.18 Å². The van der Waals surface area contributed by atoms with E-state index in [4.69, 9.17) is 9.84 Å². The second kappa shape index (κ2) is 9.19. The van der Waals surface area contributed by atoms with Gasteiger partial charge in [-0.2, -0.15) is 9.78 Å². The van der Waals surface area contributed by atoms with Crippen molar-refractivity contribution in [3.63, 3.8) is 0 Å². The average molecular weight is 438 g/mol. The molecule has 1 aromatic heterocycles.